The number of anilines is 2. The predicted molar refractivity (Wildman–Crippen MR) is 100 cm³/mol. The molecule has 0 fully saturated rings. The lowest BCUT2D eigenvalue weighted by Gasteiger charge is -2.33. The first-order chi connectivity index (χ1) is 12.5. The Labute approximate surface area is 152 Å². The number of nitrogens with one attached hydrogen (secondary N) is 1. The van der Waals surface area contributed by atoms with Gasteiger partial charge >= 0.3 is 12.0 Å². The van der Waals surface area contributed by atoms with Gasteiger partial charge in [0.1, 0.15) is 11.9 Å². The molecule has 2 amide bonds. The molecule has 26 heavy (non-hydrogen) atoms. The molecule has 1 N–H and O–H groups in total. The number of nitrogens with zero attached hydrogens (tertiary/aromatic N) is 1. The van der Waals surface area contributed by atoms with Crippen molar-refractivity contribution in [2.45, 2.75) is 26.9 Å². The van der Waals surface area contributed by atoms with E-state index >= 15 is 0 Å². The average molecular weight is 354 g/mol. The Balaban J connectivity index is 1.88. The van der Waals surface area contributed by atoms with Crippen LogP contribution < -0.4 is 15.0 Å². The molecule has 0 aromatic heterocycles. The predicted octanol–water partition coefficient (Wildman–Crippen LogP) is 3.99. The lowest BCUT2D eigenvalue weighted by atomic mass is 10.1. The zero-order valence-corrected chi connectivity index (χ0v) is 15.1. The highest BCUT2D eigenvalue weighted by Crippen LogP contribution is 2.34. The van der Waals surface area contributed by atoms with Crippen LogP contribution in [0, 0.1) is 6.92 Å². The van der Waals surface area contributed by atoms with E-state index in [4.69, 9.17) is 9.47 Å². The van der Waals surface area contributed by atoms with Crippen molar-refractivity contribution in [2.24, 2.45) is 0 Å². The Hall–Kier alpha value is -3.02. The smallest absolute Gasteiger partial charge is 0.340 e. The number of carbonyl (C=O) groups is 2. The number of fused-ring (bicyclic) bond motifs is 1. The molecule has 1 heterocycles. The molecule has 136 valence electrons. The Bertz CT molecular complexity index is 834. The van der Waals surface area contributed by atoms with Gasteiger partial charge in [0, 0.05) is 0 Å². The lowest BCUT2D eigenvalue weighted by molar-refractivity contribution is 0.0527. The summed E-state index contributed by atoms with van der Waals surface area (Å²) in [5.41, 5.74) is 2.50. The number of para-hydroxylation sites is 1. The molecule has 1 aliphatic rings. The van der Waals surface area contributed by atoms with E-state index < -0.39 is 5.97 Å². The fourth-order valence-corrected chi connectivity index (χ4v) is 2.90. The van der Waals surface area contributed by atoms with Crippen LogP contribution in [-0.2, 0) is 4.74 Å². The van der Waals surface area contributed by atoms with Gasteiger partial charge in [0.05, 0.1) is 30.1 Å². The molecule has 0 aliphatic carbocycles. The highest BCUT2D eigenvalue weighted by Gasteiger charge is 2.28. The second kappa shape index (κ2) is 7.47. The van der Waals surface area contributed by atoms with E-state index in [-0.39, 0.29) is 18.7 Å². The number of urea groups is 1. The van der Waals surface area contributed by atoms with Crippen LogP contribution in [-0.4, -0.2) is 31.3 Å². The lowest BCUT2D eigenvalue weighted by Crippen LogP contribution is -2.44. The number of rotatable bonds is 3. The van der Waals surface area contributed by atoms with Crippen LogP contribution in [0.2, 0.25) is 0 Å². The molecule has 2 aromatic carbocycles. The van der Waals surface area contributed by atoms with Gasteiger partial charge in [-0.25, -0.2) is 9.59 Å². The minimum atomic E-state index is -0.463. The van der Waals surface area contributed by atoms with Gasteiger partial charge in [0.2, 0.25) is 0 Å². The first-order valence-electron chi connectivity index (χ1n) is 8.61. The fraction of sp³-hybridized carbons (Fsp3) is 0.300. The third-order valence-corrected chi connectivity index (χ3v) is 4.08. The van der Waals surface area contributed by atoms with Crippen molar-refractivity contribution in [3.05, 3.63) is 53.6 Å². The number of benzene rings is 2. The molecule has 0 spiro atoms. The van der Waals surface area contributed by atoms with Crippen molar-refractivity contribution in [2.75, 3.05) is 23.4 Å². The molecule has 1 aliphatic heterocycles. The summed E-state index contributed by atoms with van der Waals surface area (Å²) in [7, 11) is 0. The summed E-state index contributed by atoms with van der Waals surface area (Å²) in [6.07, 6.45) is -0.128. The van der Waals surface area contributed by atoms with Crippen molar-refractivity contribution in [3.8, 4) is 5.75 Å². The summed E-state index contributed by atoms with van der Waals surface area (Å²) in [5.74, 6) is 0.207. The zero-order valence-electron chi connectivity index (χ0n) is 15.1. The van der Waals surface area contributed by atoms with Gasteiger partial charge in [-0.05, 0) is 50.6 Å². The number of hydrogen-bond donors (Lipinski definition) is 1. The SMILES string of the molecule is CCOC(=O)c1ccccc1NC(=O)N1C[C@@H](C)Oc2ccc(C)cc21. The van der Waals surface area contributed by atoms with E-state index in [0.717, 1.165) is 5.56 Å². The summed E-state index contributed by atoms with van der Waals surface area (Å²) in [6, 6.07) is 12.2. The normalized spacial score (nSPS) is 15.7. The molecule has 2 aromatic rings. The van der Waals surface area contributed by atoms with Gasteiger partial charge in [-0.1, -0.05) is 18.2 Å². The van der Waals surface area contributed by atoms with Crippen molar-refractivity contribution < 1.29 is 19.1 Å². The number of ether oxygens (including phenoxy) is 2. The maximum Gasteiger partial charge on any atom is 0.340 e. The summed E-state index contributed by atoms with van der Waals surface area (Å²) >= 11 is 0. The minimum absolute atomic E-state index is 0.128. The van der Waals surface area contributed by atoms with Gasteiger partial charge in [-0.2, -0.15) is 0 Å². The van der Waals surface area contributed by atoms with Crippen LogP contribution in [0.25, 0.3) is 0 Å². The standard InChI is InChI=1S/C20H22N2O4/c1-4-25-19(23)15-7-5-6-8-16(15)21-20(24)22-12-14(3)26-18-10-9-13(2)11-17(18)22/h5-11,14H,4,12H2,1-3H3,(H,21,24)/t14-/m1/s1. The maximum absolute atomic E-state index is 12.9. The molecule has 0 unspecified atom stereocenters. The summed E-state index contributed by atoms with van der Waals surface area (Å²) in [4.78, 5) is 26.7. The van der Waals surface area contributed by atoms with Crippen LogP contribution in [0.3, 0.4) is 0 Å². The number of esters is 1. The fourth-order valence-electron chi connectivity index (χ4n) is 2.90. The molecule has 0 bridgehead atoms. The molecule has 6 heteroatoms. The molecule has 0 saturated heterocycles. The molecule has 1 atom stereocenters. The van der Waals surface area contributed by atoms with Gasteiger partial charge in [-0.15, -0.1) is 0 Å². The van der Waals surface area contributed by atoms with Crippen LogP contribution in [0.1, 0.15) is 29.8 Å². The molecule has 0 saturated carbocycles. The Kier molecular flexibility index (Phi) is 5.11. The number of hydrogen-bond acceptors (Lipinski definition) is 4. The maximum atomic E-state index is 12.9. The van der Waals surface area contributed by atoms with Crippen LogP contribution >= 0.6 is 0 Å². The van der Waals surface area contributed by atoms with Gasteiger partial charge in [0.15, 0.2) is 0 Å². The average Bonchev–Trinajstić information content (AvgIpc) is 2.62. The van der Waals surface area contributed by atoms with Gasteiger partial charge in [0.25, 0.3) is 0 Å². The molecular formula is C20H22N2O4. The number of amides is 2. The highest BCUT2D eigenvalue weighted by atomic mass is 16.5. The van der Waals surface area contributed by atoms with Gasteiger partial charge in [-0.3, -0.25) is 4.90 Å². The second-order valence-electron chi connectivity index (χ2n) is 6.21. The van der Waals surface area contributed by atoms with Crippen molar-refractivity contribution in [3.63, 3.8) is 0 Å². The Morgan fingerprint density at radius 2 is 2.04 bits per heavy atom. The van der Waals surface area contributed by atoms with Crippen molar-refractivity contribution in [1.82, 2.24) is 0 Å². The highest BCUT2D eigenvalue weighted by molar-refractivity contribution is 6.07. The van der Waals surface area contributed by atoms with Crippen LogP contribution in [0.15, 0.2) is 42.5 Å². The topological polar surface area (TPSA) is 67.9 Å². The molecule has 3 rings (SSSR count). The minimum Gasteiger partial charge on any atom is -0.487 e. The van der Waals surface area contributed by atoms with E-state index in [9.17, 15) is 9.59 Å². The zero-order chi connectivity index (χ0) is 18.7. The Morgan fingerprint density at radius 1 is 1.27 bits per heavy atom. The molecule has 0 radical (unpaired) electrons. The monoisotopic (exact) mass is 354 g/mol. The molecular weight excluding hydrogens is 332 g/mol. The van der Waals surface area contributed by atoms with Crippen molar-refractivity contribution in [1.29, 1.82) is 0 Å². The van der Waals surface area contributed by atoms with E-state index in [1.165, 1.54) is 0 Å². The number of carbonyl (C=O) groups excluding carboxylic acids is 2. The van der Waals surface area contributed by atoms with E-state index in [0.29, 0.717) is 29.2 Å². The summed E-state index contributed by atoms with van der Waals surface area (Å²) < 4.78 is 10.9. The van der Waals surface area contributed by atoms with Gasteiger partial charge < -0.3 is 14.8 Å². The van der Waals surface area contributed by atoms with E-state index in [1.54, 1.807) is 36.1 Å². The van der Waals surface area contributed by atoms with Crippen LogP contribution in [0.5, 0.6) is 5.75 Å². The summed E-state index contributed by atoms with van der Waals surface area (Å²) in [5, 5.41) is 2.83. The first-order valence-corrected chi connectivity index (χ1v) is 8.61. The summed E-state index contributed by atoms with van der Waals surface area (Å²) in [6.45, 7) is 6.31. The van der Waals surface area contributed by atoms with Crippen LogP contribution in [0.4, 0.5) is 16.2 Å². The largest absolute Gasteiger partial charge is 0.487 e. The van der Waals surface area contributed by atoms with Crippen molar-refractivity contribution >= 4 is 23.4 Å². The quantitative estimate of drug-likeness (QED) is 0.846. The van der Waals surface area contributed by atoms with E-state index in [1.807, 2.05) is 32.0 Å². The third kappa shape index (κ3) is 3.64. The number of aryl methyl sites for hydroxylation is 1. The third-order valence-electron chi connectivity index (χ3n) is 4.08. The molecule has 6 nitrogen and oxygen atoms in total. The Morgan fingerprint density at radius 3 is 2.81 bits per heavy atom. The second-order valence-corrected chi connectivity index (χ2v) is 6.21. The first kappa shape index (κ1) is 17.8. The van der Waals surface area contributed by atoms with E-state index in [2.05, 4.69) is 5.32 Å².